The van der Waals surface area contributed by atoms with Crippen molar-refractivity contribution in [1.29, 1.82) is 0 Å². The van der Waals surface area contributed by atoms with Crippen LogP contribution in [-0.2, 0) is 11.3 Å². The molecule has 152 valence electrons. The SMILES string of the molecule is CCOC(=O)N1CCN(C(c2cccs2)c2c(O)cc(C)n(CC)c2=O)CC1. The molecule has 1 saturated heterocycles. The molecule has 7 nitrogen and oxygen atoms in total. The number of aryl methyl sites for hydroxylation is 1. The molecule has 2 aromatic heterocycles. The number of thiophene rings is 1. The Kier molecular flexibility index (Phi) is 6.41. The first-order chi connectivity index (χ1) is 13.5. The topological polar surface area (TPSA) is 75.0 Å². The Morgan fingerprint density at radius 3 is 2.57 bits per heavy atom. The van der Waals surface area contributed by atoms with E-state index in [4.69, 9.17) is 4.74 Å². The lowest BCUT2D eigenvalue weighted by molar-refractivity contribution is 0.0713. The lowest BCUT2D eigenvalue weighted by atomic mass is 10.0. The van der Waals surface area contributed by atoms with Crippen LogP contribution < -0.4 is 5.56 Å². The van der Waals surface area contributed by atoms with E-state index in [-0.39, 0.29) is 23.4 Å². The molecule has 1 unspecified atom stereocenters. The molecule has 1 aliphatic heterocycles. The number of aromatic nitrogens is 1. The van der Waals surface area contributed by atoms with Gasteiger partial charge in [0.15, 0.2) is 0 Å². The van der Waals surface area contributed by atoms with Crippen LogP contribution in [0.2, 0.25) is 0 Å². The van der Waals surface area contributed by atoms with Crippen LogP contribution in [0.5, 0.6) is 5.75 Å². The zero-order valence-corrected chi connectivity index (χ0v) is 17.4. The molecule has 0 spiro atoms. The van der Waals surface area contributed by atoms with Crippen molar-refractivity contribution in [2.45, 2.75) is 33.4 Å². The van der Waals surface area contributed by atoms with E-state index in [0.29, 0.717) is 44.9 Å². The highest BCUT2D eigenvalue weighted by molar-refractivity contribution is 7.10. The van der Waals surface area contributed by atoms with Gasteiger partial charge in [0.05, 0.1) is 18.2 Å². The highest BCUT2D eigenvalue weighted by Gasteiger charge is 2.33. The van der Waals surface area contributed by atoms with Crippen LogP contribution >= 0.6 is 11.3 Å². The number of carbonyl (C=O) groups excluding carboxylic acids is 1. The lowest BCUT2D eigenvalue weighted by Gasteiger charge is -2.38. The summed E-state index contributed by atoms with van der Waals surface area (Å²) in [6, 6.07) is 5.26. The first kappa shape index (κ1) is 20.4. The number of amides is 1. The van der Waals surface area contributed by atoms with Gasteiger partial charge >= 0.3 is 6.09 Å². The second-order valence-corrected chi connectivity index (χ2v) is 7.75. The fraction of sp³-hybridized carbons (Fsp3) is 0.500. The molecule has 3 rings (SSSR count). The Hall–Kier alpha value is -2.32. The minimum absolute atomic E-state index is 0.0263. The van der Waals surface area contributed by atoms with Gasteiger partial charge in [-0.25, -0.2) is 4.79 Å². The quantitative estimate of drug-likeness (QED) is 0.828. The summed E-state index contributed by atoms with van der Waals surface area (Å²) < 4.78 is 6.78. The van der Waals surface area contributed by atoms with Gasteiger partial charge in [-0.3, -0.25) is 9.69 Å². The number of aromatic hydroxyl groups is 1. The van der Waals surface area contributed by atoms with Gasteiger partial charge in [-0.15, -0.1) is 11.3 Å². The summed E-state index contributed by atoms with van der Waals surface area (Å²) in [6.07, 6.45) is -0.304. The maximum Gasteiger partial charge on any atom is 0.409 e. The Labute approximate surface area is 168 Å². The molecule has 3 heterocycles. The number of pyridine rings is 1. The number of carbonyl (C=O) groups is 1. The van der Waals surface area contributed by atoms with E-state index in [2.05, 4.69) is 4.90 Å². The van der Waals surface area contributed by atoms with Gasteiger partial charge in [-0.05, 0) is 38.3 Å². The minimum Gasteiger partial charge on any atom is -0.507 e. The van der Waals surface area contributed by atoms with E-state index in [1.54, 1.807) is 33.8 Å². The molecule has 0 radical (unpaired) electrons. The van der Waals surface area contributed by atoms with Crippen molar-refractivity contribution < 1.29 is 14.6 Å². The molecule has 1 N–H and O–H groups in total. The van der Waals surface area contributed by atoms with Gasteiger partial charge in [-0.2, -0.15) is 0 Å². The van der Waals surface area contributed by atoms with Crippen LogP contribution in [-0.4, -0.2) is 58.4 Å². The van der Waals surface area contributed by atoms with Crippen molar-refractivity contribution in [2.75, 3.05) is 32.8 Å². The number of ether oxygens (including phenoxy) is 1. The zero-order chi connectivity index (χ0) is 20.3. The first-order valence-electron chi connectivity index (χ1n) is 9.60. The van der Waals surface area contributed by atoms with Crippen LogP contribution in [0.4, 0.5) is 4.79 Å². The normalized spacial score (nSPS) is 16.2. The standard InChI is InChI=1S/C20H27N3O4S/c1-4-23-14(3)13-15(24)17(19(23)25)18(16-7-6-12-28-16)21-8-10-22(11-9-21)20(26)27-5-2/h6-7,12-13,18,24H,4-5,8-11H2,1-3H3. The molecule has 0 saturated carbocycles. The van der Waals surface area contributed by atoms with Crippen LogP contribution in [0.3, 0.4) is 0 Å². The van der Waals surface area contributed by atoms with Gasteiger partial charge in [0.2, 0.25) is 0 Å². The van der Waals surface area contributed by atoms with E-state index in [9.17, 15) is 14.7 Å². The van der Waals surface area contributed by atoms with Gasteiger partial charge in [0.25, 0.3) is 5.56 Å². The molecule has 1 aliphatic rings. The van der Waals surface area contributed by atoms with Gasteiger partial charge in [0, 0.05) is 43.3 Å². The second-order valence-electron chi connectivity index (χ2n) is 6.77. The van der Waals surface area contributed by atoms with Crippen LogP contribution in [0.1, 0.15) is 36.0 Å². The largest absolute Gasteiger partial charge is 0.507 e. The maximum absolute atomic E-state index is 13.2. The second kappa shape index (κ2) is 8.79. The monoisotopic (exact) mass is 405 g/mol. The number of hydrogen-bond donors (Lipinski definition) is 1. The van der Waals surface area contributed by atoms with Crippen molar-refractivity contribution in [3.8, 4) is 5.75 Å². The fourth-order valence-electron chi connectivity index (χ4n) is 3.75. The van der Waals surface area contributed by atoms with Crippen molar-refractivity contribution in [3.05, 3.63) is 50.1 Å². The summed E-state index contributed by atoms with van der Waals surface area (Å²) in [5.41, 5.74) is 0.983. The fourth-order valence-corrected chi connectivity index (χ4v) is 4.62. The zero-order valence-electron chi connectivity index (χ0n) is 16.6. The summed E-state index contributed by atoms with van der Waals surface area (Å²) in [4.78, 5) is 30.0. The van der Waals surface area contributed by atoms with Crippen molar-refractivity contribution in [2.24, 2.45) is 0 Å². The Morgan fingerprint density at radius 1 is 1.29 bits per heavy atom. The van der Waals surface area contributed by atoms with Crippen molar-refractivity contribution in [3.63, 3.8) is 0 Å². The van der Waals surface area contributed by atoms with Crippen LogP contribution in [0, 0.1) is 6.92 Å². The molecule has 28 heavy (non-hydrogen) atoms. The number of rotatable bonds is 5. The van der Waals surface area contributed by atoms with Crippen LogP contribution in [0.25, 0.3) is 0 Å². The van der Waals surface area contributed by atoms with E-state index < -0.39 is 0 Å². The first-order valence-corrected chi connectivity index (χ1v) is 10.5. The average Bonchev–Trinajstić information content (AvgIpc) is 3.20. The molecule has 1 atom stereocenters. The van der Waals surface area contributed by atoms with Crippen molar-refractivity contribution >= 4 is 17.4 Å². The smallest absolute Gasteiger partial charge is 0.409 e. The summed E-state index contributed by atoms with van der Waals surface area (Å²) >= 11 is 1.56. The summed E-state index contributed by atoms with van der Waals surface area (Å²) in [7, 11) is 0. The van der Waals surface area contributed by atoms with E-state index >= 15 is 0 Å². The minimum atomic E-state index is -0.338. The number of piperazine rings is 1. The van der Waals surface area contributed by atoms with E-state index in [0.717, 1.165) is 10.6 Å². The molecule has 1 amide bonds. The molecule has 1 fully saturated rings. The molecule has 2 aromatic rings. The van der Waals surface area contributed by atoms with Gasteiger partial charge < -0.3 is 19.3 Å². The third-order valence-electron chi connectivity index (χ3n) is 5.13. The van der Waals surface area contributed by atoms with E-state index in [1.165, 1.54) is 0 Å². The maximum atomic E-state index is 13.2. The lowest BCUT2D eigenvalue weighted by Crippen LogP contribution is -2.50. The van der Waals surface area contributed by atoms with Gasteiger partial charge in [0.1, 0.15) is 5.75 Å². The number of hydrogen-bond acceptors (Lipinski definition) is 6. The third-order valence-corrected chi connectivity index (χ3v) is 6.06. The number of nitrogens with zero attached hydrogens (tertiary/aromatic N) is 3. The Morgan fingerprint density at radius 2 is 2.00 bits per heavy atom. The molecular formula is C20H27N3O4S. The average molecular weight is 406 g/mol. The Bertz CT molecular complexity index is 870. The summed E-state index contributed by atoms with van der Waals surface area (Å²) in [6.45, 7) is 8.68. The van der Waals surface area contributed by atoms with Crippen LogP contribution in [0.15, 0.2) is 28.4 Å². The molecule has 0 aromatic carbocycles. The molecular weight excluding hydrogens is 378 g/mol. The highest BCUT2D eigenvalue weighted by Crippen LogP contribution is 2.35. The molecule has 0 aliphatic carbocycles. The predicted octanol–water partition coefficient (Wildman–Crippen LogP) is 2.81. The summed E-state index contributed by atoms with van der Waals surface area (Å²) in [5, 5.41) is 12.7. The highest BCUT2D eigenvalue weighted by atomic mass is 32.1. The van der Waals surface area contributed by atoms with Crippen molar-refractivity contribution in [1.82, 2.24) is 14.4 Å². The third kappa shape index (κ3) is 3.93. The molecule has 8 heteroatoms. The summed E-state index contributed by atoms with van der Waals surface area (Å²) in [5.74, 6) is 0.0263. The Balaban J connectivity index is 1.96. The van der Waals surface area contributed by atoms with E-state index in [1.807, 2.05) is 31.4 Å². The predicted molar refractivity (Wildman–Crippen MR) is 109 cm³/mol. The van der Waals surface area contributed by atoms with Gasteiger partial charge in [-0.1, -0.05) is 6.07 Å². The molecule has 0 bridgehead atoms.